The van der Waals surface area contributed by atoms with E-state index >= 15 is 0 Å². The van der Waals surface area contributed by atoms with Crippen LogP contribution < -0.4 is 10.2 Å². The van der Waals surface area contributed by atoms with Gasteiger partial charge in [-0.1, -0.05) is 18.2 Å². The lowest BCUT2D eigenvalue weighted by molar-refractivity contribution is -0.117. The number of fused-ring (bicyclic) bond motifs is 1. The Morgan fingerprint density at radius 3 is 3.05 bits per heavy atom. The summed E-state index contributed by atoms with van der Waals surface area (Å²) in [6, 6.07) is 8.63. The van der Waals surface area contributed by atoms with Crippen molar-refractivity contribution in [3.63, 3.8) is 0 Å². The minimum Gasteiger partial charge on any atom is -0.312 e. The van der Waals surface area contributed by atoms with Crippen molar-refractivity contribution < 1.29 is 4.79 Å². The first-order valence-electron chi connectivity index (χ1n) is 7.04. The second-order valence-electron chi connectivity index (χ2n) is 5.55. The van der Waals surface area contributed by atoms with E-state index in [2.05, 4.69) is 29.4 Å². The molecule has 1 unspecified atom stereocenters. The lowest BCUT2D eigenvalue weighted by Crippen LogP contribution is -2.50. The Bertz CT molecular complexity index is 474. The first-order chi connectivity index (χ1) is 9.24. The molecule has 2 aliphatic rings. The highest BCUT2D eigenvalue weighted by atomic mass is 16.2. The van der Waals surface area contributed by atoms with Crippen molar-refractivity contribution in [2.75, 3.05) is 38.1 Å². The molecule has 4 nitrogen and oxygen atoms in total. The van der Waals surface area contributed by atoms with Crippen LogP contribution in [0, 0.1) is 0 Å². The highest BCUT2D eigenvalue weighted by molar-refractivity contribution is 6.01. The van der Waals surface area contributed by atoms with E-state index in [1.165, 1.54) is 5.56 Å². The van der Waals surface area contributed by atoms with Gasteiger partial charge in [0.25, 0.3) is 0 Å². The fourth-order valence-electron chi connectivity index (χ4n) is 3.03. The Hall–Kier alpha value is -1.39. The SMILES string of the molecule is CN1CCNC(CCN2C(=O)Cc3ccccc32)C1. The van der Waals surface area contributed by atoms with E-state index in [0.29, 0.717) is 12.5 Å². The molecule has 0 saturated carbocycles. The number of para-hydroxylation sites is 1. The van der Waals surface area contributed by atoms with Crippen LogP contribution in [0.25, 0.3) is 0 Å². The average molecular weight is 259 g/mol. The van der Waals surface area contributed by atoms with Gasteiger partial charge in [-0.25, -0.2) is 0 Å². The van der Waals surface area contributed by atoms with Crippen LogP contribution in [-0.4, -0.2) is 50.1 Å². The fraction of sp³-hybridized carbons (Fsp3) is 0.533. The summed E-state index contributed by atoms with van der Waals surface area (Å²) in [5.41, 5.74) is 2.28. The van der Waals surface area contributed by atoms with E-state index in [9.17, 15) is 4.79 Å². The Morgan fingerprint density at radius 2 is 2.21 bits per heavy atom. The monoisotopic (exact) mass is 259 g/mol. The van der Waals surface area contributed by atoms with Crippen molar-refractivity contribution in [1.82, 2.24) is 10.2 Å². The second-order valence-corrected chi connectivity index (χ2v) is 5.55. The third kappa shape index (κ3) is 2.65. The summed E-state index contributed by atoms with van der Waals surface area (Å²) in [4.78, 5) is 16.4. The second kappa shape index (κ2) is 5.31. The van der Waals surface area contributed by atoms with Gasteiger partial charge in [0.15, 0.2) is 0 Å². The number of likely N-dealkylation sites (N-methyl/N-ethyl adjacent to an activating group) is 1. The normalized spacial score (nSPS) is 23.7. The largest absolute Gasteiger partial charge is 0.312 e. The van der Waals surface area contributed by atoms with Crippen molar-refractivity contribution in [2.24, 2.45) is 0 Å². The van der Waals surface area contributed by atoms with E-state index in [1.54, 1.807) is 0 Å². The molecule has 1 aromatic rings. The number of piperazine rings is 1. The van der Waals surface area contributed by atoms with Crippen LogP contribution in [-0.2, 0) is 11.2 Å². The average Bonchev–Trinajstić information content (AvgIpc) is 2.72. The van der Waals surface area contributed by atoms with Crippen LogP contribution in [0.2, 0.25) is 0 Å². The first kappa shape index (κ1) is 12.6. The standard InChI is InChI=1S/C15H21N3O/c1-17-9-7-16-13(11-17)6-8-18-14-5-3-2-4-12(14)10-15(18)19/h2-5,13,16H,6-11H2,1H3. The van der Waals surface area contributed by atoms with Crippen LogP contribution in [0.1, 0.15) is 12.0 Å². The van der Waals surface area contributed by atoms with Gasteiger partial charge in [0.2, 0.25) is 5.91 Å². The topological polar surface area (TPSA) is 35.6 Å². The third-order valence-corrected chi connectivity index (χ3v) is 4.08. The number of nitrogens with one attached hydrogen (secondary N) is 1. The molecule has 1 fully saturated rings. The van der Waals surface area contributed by atoms with Gasteiger partial charge in [-0.05, 0) is 25.1 Å². The molecule has 4 heteroatoms. The number of carbonyl (C=O) groups excluding carboxylic acids is 1. The maximum atomic E-state index is 12.1. The van der Waals surface area contributed by atoms with Gasteiger partial charge in [-0.3, -0.25) is 4.79 Å². The molecule has 3 rings (SSSR count). The van der Waals surface area contributed by atoms with Crippen molar-refractivity contribution in [2.45, 2.75) is 18.9 Å². The van der Waals surface area contributed by atoms with E-state index in [0.717, 1.165) is 38.3 Å². The Balaban J connectivity index is 1.62. The number of anilines is 1. The summed E-state index contributed by atoms with van der Waals surface area (Å²) in [6.07, 6.45) is 1.58. The number of nitrogens with zero attached hydrogens (tertiary/aromatic N) is 2. The third-order valence-electron chi connectivity index (χ3n) is 4.08. The molecule has 1 atom stereocenters. The quantitative estimate of drug-likeness (QED) is 0.875. The molecule has 19 heavy (non-hydrogen) atoms. The van der Waals surface area contributed by atoms with Gasteiger partial charge < -0.3 is 15.1 Å². The maximum Gasteiger partial charge on any atom is 0.231 e. The Labute approximate surface area is 114 Å². The molecule has 1 amide bonds. The smallest absolute Gasteiger partial charge is 0.231 e. The van der Waals surface area contributed by atoms with Crippen molar-refractivity contribution >= 4 is 11.6 Å². The van der Waals surface area contributed by atoms with E-state index in [1.807, 2.05) is 17.0 Å². The summed E-state index contributed by atoms with van der Waals surface area (Å²) >= 11 is 0. The number of amides is 1. The van der Waals surface area contributed by atoms with Crippen LogP contribution in [0.3, 0.4) is 0 Å². The maximum absolute atomic E-state index is 12.1. The number of carbonyl (C=O) groups is 1. The minimum absolute atomic E-state index is 0.241. The van der Waals surface area contributed by atoms with Crippen LogP contribution >= 0.6 is 0 Å². The van der Waals surface area contributed by atoms with Crippen LogP contribution in [0.5, 0.6) is 0 Å². The summed E-state index contributed by atoms with van der Waals surface area (Å²) < 4.78 is 0. The molecule has 2 aliphatic heterocycles. The van der Waals surface area contributed by atoms with Crippen LogP contribution in [0.4, 0.5) is 5.69 Å². The zero-order valence-electron chi connectivity index (χ0n) is 11.4. The Kier molecular flexibility index (Phi) is 3.53. The number of rotatable bonds is 3. The van der Waals surface area contributed by atoms with E-state index in [-0.39, 0.29) is 5.91 Å². The number of hydrogen-bond acceptors (Lipinski definition) is 3. The molecule has 0 aromatic heterocycles. The molecule has 1 N–H and O–H groups in total. The molecular weight excluding hydrogens is 238 g/mol. The van der Waals surface area contributed by atoms with Gasteiger partial charge in [0.1, 0.15) is 0 Å². The molecular formula is C15H21N3O. The summed E-state index contributed by atoms with van der Waals surface area (Å²) in [5, 5.41) is 3.53. The highest BCUT2D eigenvalue weighted by Gasteiger charge is 2.27. The molecule has 0 radical (unpaired) electrons. The molecule has 0 spiro atoms. The van der Waals surface area contributed by atoms with Gasteiger partial charge in [0.05, 0.1) is 6.42 Å². The van der Waals surface area contributed by atoms with Crippen LogP contribution in [0.15, 0.2) is 24.3 Å². The first-order valence-corrected chi connectivity index (χ1v) is 7.04. The molecule has 0 bridgehead atoms. The van der Waals surface area contributed by atoms with Gasteiger partial charge >= 0.3 is 0 Å². The lowest BCUT2D eigenvalue weighted by atomic mass is 10.1. The van der Waals surface area contributed by atoms with E-state index < -0.39 is 0 Å². The minimum atomic E-state index is 0.241. The summed E-state index contributed by atoms with van der Waals surface area (Å²) in [6.45, 7) is 4.05. The predicted octanol–water partition coefficient (Wildman–Crippen LogP) is 0.869. The number of benzene rings is 1. The molecule has 2 heterocycles. The molecule has 1 saturated heterocycles. The van der Waals surface area contributed by atoms with Gasteiger partial charge in [-0.15, -0.1) is 0 Å². The Morgan fingerprint density at radius 1 is 1.37 bits per heavy atom. The summed E-state index contributed by atoms with van der Waals surface area (Å²) in [7, 11) is 2.16. The molecule has 0 aliphatic carbocycles. The van der Waals surface area contributed by atoms with E-state index in [4.69, 9.17) is 0 Å². The summed E-state index contributed by atoms with van der Waals surface area (Å²) in [5.74, 6) is 0.241. The zero-order valence-corrected chi connectivity index (χ0v) is 11.4. The van der Waals surface area contributed by atoms with Crippen molar-refractivity contribution in [3.05, 3.63) is 29.8 Å². The highest BCUT2D eigenvalue weighted by Crippen LogP contribution is 2.28. The zero-order chi connectivity index (χ0) is 13.2. The molecule has 102 valence electrons. The van der Waals surface area contributed by atoms with Crippen molar-refractivity contribution in [3.8, 4) is 0 Å². The number of hydrogen-bond donors (Lipinski definition) is 1. The van der Waals surface area contributed by atoms with Crippen molar-refractivity contribution in [1.29, 1.82) is 0 Å². The van der Waals surface area contributed by atoms with Gasteiger partial charge in [0, 0.05) is 37.9 Å². The fourth-order valence-corrected chi connectivity index (χ4v) is 3.03. The van der Waals surface area contributed by atoms with Gasteiger partial charge in [-0.2, -0.15) is 0 Å². The lowest BCUT2D eigenvalue weighted by Gasteiger charge is -2.32. The molecule has 1 aromatic carbocycles. The predicted molar refractivity (Wildman–Crippen MR) is 76.4 cm³/mol.